The predicted molar refractivity (Wildman–Crippen MR) is 85.5 cm³/mol. The quantitative estimate of drug-likeness (QED) is 0.898. The first kappa shape index (κ1) is 14.8. The zero-order valence-corrected chi connectivity index (χ0v) is 13.6. The highest BCUT2D eigenvalue weighted by molar-refractivity contribution is 5.79. The van der Waals surface area contributed by atoms with Crippen LogP contribution < -0.4 is 14.4 Å². The van der Waals surface area contributed by atoms with Crippen LogP contribution in [0.15, 0.2) is 18.2 Å². The number of hydrogen-bond donors (Lipinski definition) is 1. The molecule has 2 fully saturated rings. The van der Waals surface area contributed by atoms with Crippen LogP contribution in [0.2, 0.25) is 0 Å². The molecule has 2 unspecified atom stereocenters. The van der Waals surface area contributed by atoms with Gasteiger partial charge in [-0.05, 0) is 43.9 Å². The third-order valence-corrected chi connectivity index (χ3v) is 5.28. The minimum atomic E-state index is 0.214. The molecular formula is C18H25N2O3+. The number of quaternary nitrogens is 1. The molecule has 5 heteroatoms. The first-order valence-electron chi connectivity index (χ1n) is 8.80. The monoisotopic (exact) mass is 317 g/mol. The van der Waals surface area contributed by atoms with E-state index in [1.807, 2.05) is 6.07 Å². The van der Waals surface area contributed by atoms with E-state index in [0.29, 0.717) is 12.7 Å². The molecule has 0 radical (unpaired) electrons. The second-order valence-electron chi connectivity index (χ2n) is 6.94. The van der Waals surface area contributed by atoms with Gasteiger partial charge in [0.15, 0.2) is 11.5 Å². The zero-order chi connectivity index (χ0) is 15.6. The van der Waals surface area contributed by atoms with Crippen LogP contribution in [0.1, 0.15) is 31.2 Å². The van der Waals surface area contributed by atoms with E-state index in [4.69, 9.17) is 9.47 Å². The highest BCUT2D eigenvalue weighted by Gasteiger charge is 2.32. The number of nitrogens with one attached hydrogen (secondary N) is 1. The van der Waals surface area contributed by atoms with Crippen LogP contribution in [0.25, 0.3) is 0 Å². The van der Waals surface area contributed by atoms with Gasteiger partial charge in [0, 0.05) is 18.7 Å². The summed E-state index contributed by atoms with van der Waals surface area (Å²) >= 11 is 0. The van der Waals surface area contributed by atoms with E-state index in [0.717, 1.165) is 57.1 Å². The van der Waals surface area contributed by atoms with Crippen LogP contribution in [-0.4, -0.2) is 43.8 Å². The number of rotatable bonds is 3. The summed E-state index contributed by atoms with van der Waals surface area (Å²) in [5, 5.41) is 0. The third kappa shape index (κ3) is 3.15. The molecule has 124 valence electrons. The van der Waals surface area contributed by atoms with Crippen molar-refractivity contribution in [1.82, 2.24) is 4.90 Å². The normalized spacial score (nSPS) is 26.5. The Labute approximate surface area is 137 Å². The van der Waals surface area contributed by atoms with E-state index in [-0.39, 0.29) is 5.92 Å². The van der Waals surface area contributed by atoms with E-state index in [9.17, 15) is 4.79 Å². The SMILES string of the molecule is O=C(C1CCC[NH+](Cc2ccc3c(c2)OCO3)C1)N1CCCC1. The molecule has 3 aliphatic heterocycles. The van der Waals surface area contributed by atoms with Crippen molar-refractivity contribution in [2.24, 2.45) is 5.92 Å². The lowest BCUT2D eigenvalue weighted by Crippen LogP contribution is -3.12. The molecule has 0 bridgehead atoms. The molecule has 1 N–H and O–H groups in total. The van der Waals surface area contributed by atoms with Gasteiger partial charge in [0.1, 0.15) is 6.54 Å². The number of piperidine rings is 1. The van der Waals surface area contributed by atoms with Crippen molar-refractivity contribution >= 4 is 5.91 Å². The molecule has 0 saturated carbocycles. The summed E-state index contributed by atoms with van der Waals surface area (Å²) in [6.07, 6.45) is 4.54. The molecule has 3 aliphatic rings. The zero-order valence-electron chi connectivity index (χ0n) is 13.6. The number of hydrogen-bond acceptors (Lipinski definition) is 3. The average molecular weight is 317 g/mol. The van der Waals surface area contributed by atoms with Crippen molar-refractivity contribution in [2.75, 3.05) is 33.0 Å². The van der Waals surface area contributed by atoms with Crippen molar-refractivity contribution in [3.8, 4) is 11.5 Å². The largest absolute Gasteiger partial charge is 0.454 e. The van der Waals surface area contributed by atoms with Crippen molar-refractivity contribution in [3.63, 3.8) is 0 Å². The summed E-state index contributed by atoms with van der Waals surface area (Å²) in [5.74, 6) is 2.30. The molecule has 0 spiro atoms. The lowest BCUT2D eigenvalue weighted by molar-refractivity contribution is -0.921. The second kappa shape index (κ2) is 6.40. The predicted octanol–water partition coefficient (Wildman–Crippen LogP) is 0.833. The van der Waals surface area contributed by atoms with Crippen LogP contribution in [0, 0.1) is 5.92 Å². The van der Waals surface area contributed by atoms with Crippen LogP contribution in [0.5, 0.6) is 11.5 Å². The Balaban J connectivity index is 1.38. The number of carbonyl (C=O) groups excluding carboxylic acids is 1. The molecule has 0 aromatic heterocycles. The van der Waals surface area contributed by atoms with Gasteiger partial charge in [-0.15, -0.1) is 0 Å². The van der Waals surface area contributed by atoms with Gasteiger partial charge in [0.2, 0.25) is 12.7 Å². The van der Waals surface area contributed by atoms with Crippen LogP contribution in [0.4, 0.5) is 0 Å². The fourth-order valence-corrected chi connectivity index (χ4v) is 4.06. The van der Waals surface area contributed by atoms with Gasteiger partial charge >= 0.3 is 0 Å². The van der Waals surface area contributed by atoms with Gasteiger partial charge in [-0.1, -0.05) is 0 Å². The lowest BCUT2D eigenvalue weighted by Gasteiger charge is -2.31. The first-order valence-corrected chi connectivity index (χ1v) is 8.80. The van der Waals surface area contributed by atoms with Gasteiger partial charge in [0.25, 0.3) is 0 Å². The number of ether oxygens (including phenoxy) is 2. The molecule has 1 aromatic rings. The van der Waals surface area contributed by atoms with Gasteiger partial charge < -0.3 is 19.3 Å². The van der Waals surface area contributed by atoms with Gasteiger partial charge in [0.05, 0.1) is 19.0 Å². The summed E-state index contributed by atoms with van der Waals surface area (Å²) < 4.78 is 10.8. The number of fused-ring (bicyclic) bond motifs is 1. The molecule has 0 aliphatic carbocycles. The van der Waals surface area contributed by atoms with Crippen LogP contribution in [-0.2, 0) is 11.3 Å². The van der Waals surface area contributed by atoms with E-state index in [1.165, 1.54) is 23.3 Å². The molecule has 3 heterocycles. The Bertz CT molecular complexity index is 584. The fourth-order valence-electron chi connectivity index (χ4n) is 4.06. The summed E-state index contributed by atoms with van der Waals surface area (Å²) in [7, 11) is 0. The van der Waals surface area contributed by atoms with Crippen molar-refractivity contribution < 1.29 is 19.2 Å². The average Bonchev–Trinajstić information content (AvgIpc) is 3.25. The maximum Gasteiger partial charge on any atom is 0.231 e. The van der Waals surface area contributed by atoms with Crippen molar-refractivity contribution in [3.05, 3.63) is 23.8 Å². The topological polar surface area (TPSA) is 43.2 Å². The van der Waals surface area contributed by atoms with Crippen LogP contribution >= 0.6 is 0 Å². The van der Waals surface area contributed by atoms with E-state index >= 15 is 0 Å². The molecule has 5 nitrogen and oxygen atoms in total. The highest BCUT2D eigenvalue weighted by atomic mass is 16.7. The molecule has 2 saturated heterocycles. The molecule has 1 amide bonds. The second-order valence-corrected chi connectivity index (χ2v) is 6.94. The molecule has 4 rings (SSSR count). The van der Waals surface area contributed by atoms with E-state index in [2.05, 4.69) is 17.0 Å². The maximum atomic E-state index is 12.6. The minimum Gasteiger partial charge on any atom is -0.454 e. The highest BCUT2D eigenvalue weighted by Crippen LogP contribution is 2.32. The number of benzene rings is 1. The third-order valence-electron chi connectivity index (χ3n) is 5.28. The molecule has 23 heavy (non-hydrogen) atoms. The minimum absolute atomic E-state index is 0.214. The van der Waals surface area contributed by atoms with Crippen molar-refractivity contribution in [1.29, 1.82) is 0 Å². The molecule has 1 aromatic carbocycles. The number of nitrogens with zero attached hydrogens (tertiary/aromatic N) is 1. The van der Waals surface area contributed by atoms with Crippen molar-refractivity contribution in [2.45, 2.75) is 32.2 Å². The van der Waals surface area contributed by atoms with Gasteiger partial charge in [-0.2, -0.15) is 0 Å². The van der Waals surface area contributed by atoms with E-state index < -0.39 is 0 Å². The summed E-state index contributed by atoms with van der Waals surface area (Å²) in [6.45, 7) is 5.32. The Morgan fingerprint density at radius 1 is 1.17 bits per heavy atom. The number of amides is 1. The Kier molecular flexibility index (Phi) is 4.12. The fraction of sp³-hybridized carbons (Fsp3) is 0.611. The smallest absolute Gasteiger partial charge is 0.231 e. The number of carbonyl (C=O) groups is 1. The van der Waals surface area contributed by atoms with Crippen LogP contribution in [0.3, 0.4) is 0 Å². The van der Waals surface area contributed by atoms with Gasteiger partial charge in [-0.3, -0.25) is 4.79 Å². The molecular weight excluding hydrogens is 292 g/mol. The summed E-state index contributed by atoms with van der Waals surface area (Å²) in [5.41, 5.74) is 1.26. The lowest BCUT2D eigenvalue weighted by atomic mass is 9.96. The standard InChI is InChI=1S/C18H24N2O3/c21-18(20-8-1-2-9-20)15-4-3-7-19(12-15)11-14-5-6-16-17(10-14)23-13-22-16/h5-6,10,15H,1-4,7-9,11-13H2/p+1. The first-order chi connectivity index (χ1) is 11.3. The van der Waals surface area contributed by atoms with E-state index in [1.54, 1.807) is 0 Å². The maximum absolute atomic E-state index is 12.6. The van der Waals surface area contributed by atoms with Gasteiger partial charge in [-0.25, -0.2) is 0 Å². The molecule has 2 atom stereocenters. The summed E-state index contributed by atoms with van der Waals surface area (Å²) in [6, 6.07) is 6.20. The Morgan fingerprint density at radius 3 is 2.87 bits per heavy atom. The Morgan fingerprint density at radius 2 is 2.00 bits per heavy atom. The summed E-state index contributed by atoms with van der Waals surface area (Å²) in [4.78, 5) is 16.2. The number of likely N-dealkylation sites (tertiary alicyclic amines) is 2. The Hall–Kier alpha value is -1.75.